The molecule has 0 fully saturated rings. The second kappa shape index (κ2) is 4.43. The molecule has 21 heavy (non-hydrogen) atoms. The molecule has 0 saturated carbocycles. The first-order valence-electron chi connectivity index (χ1n) is 6.59. The molecule has 2 aromatic carbocycles. The highest BCUT2D eigenvalue weighted by molar-refractivity contribution is 5.79. The van der Waals surface area contributed by atoms with Crippen LogP contribution in [0.4, 0.5) is 0 Å². The summed E-state index contributed by atoms with van der Waals surface area (Å²) in [4.78, 5) is 9.14. The zero-order chi connectivity index (χ0) is 14.2. The van der Waals surface area contributed by atoms with Crippen molar-refractivity contribution in [3.05, 3.63) is 66.4 Å². The number of nitrogens with zero attached hydrogens (tertiary/aromatic N) is 4. The third-order valence-electron chi connectivity index (χ3n) is 3.49. The lowest BCUT2D eigenvalue weighted by molar-refractivity contribution is 1.14. The van der Waals surface area contributed by atoms with Gasteiger partial charge in [-0.05, 0) is 30.3 Å². The van der Waals surface area contributed by atoms with Gasteiger partial charge < -0.3 is 0 Å². The van der Waals surface area contributed by atoms with Gasteiger partial charge in [0.2, 0.25) is 5.78 Å². The van der Waals surface area contributed by atoms with Crippen molar-refractivity contribution in [3.63, 3.8) is 0 Å². The van der Waals surface area contributed by atoms with Gasteiger partial charge in [0.05, 0.1) is 28.4 Å². The fraction of sp³-hybridized carbons (Fsp3) is 0. The van der Waals surface area contributed by atoms with Crippen LogP contribution >= 0.6 is 0 Å². The normalized spacial score (nSPS) is 10.8. The van der Waals surface area contributed by atoms with E-state index in [1.807, 2.05) is 53.1 Å². The average Bonchev–Trinajstić information content (AvgIpc) is 2.92. The molecule has 4 rings (SSSR count). The average molecular weight is 270 g/mol. The van der Waals surface area contributed by atoms with Crippen molar-refractivity contribution in [2.75, 3.05) is 0 Å². The van der Waals surface area contributed by atoms with E-state index in [1.54, 1.807) is 12.1 Å². The van der Waals surface area contributed by atoms with Gasteiger partial charge >= 0.3 is 0 Å². The minimum Gasteiger partial charge on any atom is -0.284 e. The summed E-state index contributed by atoms with van der Waals surface area (Å²) in [6, 6.07) is 19.4. The van der Waals surface area contributed by atoms with Gasteiger partial charge in [-0.15, -0.1) is 0 Å². The van der Waals surface area contributed by atoms with Crippen molar-refractivity contribution in [2.45, 2.75) is 0 Å². The predicted molar refractivity (Wildman–Crippen MR) is 80.6 cm³/mol. The summed E-state index contributed by atoms with van der Waals surface area (Å²) in [5.41, 5.74) is 4.45. The van der Waals surface area contributed by atoms with Gasteiger partial charge in [0.1, 0.15) is 0 Å². The Balaban J connectivity index is 1.90. The summed E-state index contributed by atoms with van der Waals surface area (Å²) in [5.74, 6) is 0.679. The Hall–Kier alpha value is -3.19. The maximum atomic E-state index is 8.84. The first-order chi connectivity index (χ1) is 10.3. The topological polar surface area (TPSA) is 54.0 Å². The van der Waals surface area contributed by atoms with E-state index in [9.17, 15) is 0 Å². The molecular formula is C17H10N4. The Kier molecular flexibility index (Phi) is 2.45. The summed E-state index contributed by atoms with van der Waals surface area (Å²) < 4.78 is 1.97. The van der Waals surface area contributed by atoms with E-state index in [1.165, 1.54) is 0 Å². The number of hydrogen-bond acceptors (Lipinski definition) is 3. The highest BCUT2D eigenvalue weighted by Gasteiger charge is 2.06. The fourth-order valence-electron chi connectivity index (χ4n) is 2.42. The first-order valence-corrected chi connectivity index (χ1v) is 6.59. The number of hydrogen-bond donors (Lipinski definition) is 0. The lowest BCUT2D eigenvalue weighted by Gasteiger charge is -2.01. The van der Waals surface area contributed by atoms with Crippen LogP contribution in [-0.4, -0.2) is 14.4 Å². The third kappa shape index (κ3) is 1.84. The van der Waals surface area contributed by atoms with Crippen molar-refractivity contribution in [2.24, 2.45) is 0 Å². The molecule has 4 nitrogen and oxygen atoms in total. The summed E-state index contributed by atoms with van der Waals surface area (Å²) in [7, 11) is 0. The van der Waals surface area contributed by atoms with Gasteiger partial charge in [0.25, 0.3) is 0 Å². The molecule has 98 valence electrons. The van der Waals surface area contributed by atoms with Crippen LogP contribution in [0.25, 0.3) is 28.1 Å². The molecule has 0 unspecified atom stereocenters. The second-order valence-electron chi connectivity index (χ2n) is 4.77. The Labute approximate surface area is 120 Å². The monoisotopic (exact) mass is 270 g/mol. The smallest absolute Gasteiger partial charge is 0.235 e. The van der Waals surface area contributed by atoms with Crippen LogP contribution in [0.1, 0.15) is 5.56 Å². The van der Waals surface area contributed by atoms with Crippen molar-refractivity contribution in [3.8, 4) is 17.3 Å². The Morgan fingerprint density at radius 3 is 2.52 bits per heavy atom. The number of rotatable bonds is 1. The number of aromatic nitrogens is 3. The van der Waals surface area contributed by atoms with Crippen LogP contribution in [0.5, 0.6) is 0 Å². The molecule has 0 aliphatic rings. The van der Waals surface area contributed by atoms with Gasteiger partial charge in [-0.1, -0.05) is 24.3 Å². The number of imidazole rings is 1. The van der Waals surface area contributed by atoms with Gasteiger partial charge in [-0.3, -0.25) is 4.40 Å². The van der Waals surface area contributed by atoms with Crippen molar-refractivity contribution >= 4 is 16.8 Å². The Morgan fingerprint density at radius 2 is 1.71 bits per heavy atom. The number of nitriles is 1. The quantitative estimate of drug-likeness (QED) is 0.532. The zero-order valence-corrected chi connectivity index (χ0v) is 11.1. The van der Waals surface area contributed by atoms with Crippen LogP contribution < -0.4 is 0 Å². The molecule has 2 aromatic heterocycles. The maximum absolute atomic E-state index is 8.84. The molecule has 0 spiro atoms. The van der Waals surface area contributed by atoms with Crippen LogP contribution in [-0.2, 0) is 0 Å². The fourth-order valence-corrected chi connectivity index (χ4v) is 2.42. The molecule has 0 aliphatic heterocycles. The van der Waals surface area contributed by atoms with Crippen LogP contribution in [0.2, 0.25) is 0 Å². The van der Waals surface area contributed by atoms with Crippen LogP contribution in [0.3, 0.4) is 0 Å². The molecule has 2 heterocycles. The van der Waals surface area contributed by atoms with Crippen molar-refractivity contribution in [1.29, 1.82) is 5.26 Å². The summed E-state index contributed by atoms with van der Waals surface area (Å²) in [6.07, 6.45) is 1.98. The van der Waals surface area contributed by atoms with E-state index >= 15 is 0 Å². The van der Waals surface area contributed by atoms with Crippen LogP contribution in [0, 0.1) is 11.3 Å². The summed E-state index contributed by atoms with van der Waals surface area (Å²) in [6.45, 7) is 0. The van der Waals surface area contributed by atoms with Gasteiger partial charge in [-0.25, -0.2) is 9.97 Å². The Bertz CT molecular complexity index is 991. The van der Waals surface area contributed by atoms with Crippen LogP contribution in [0.15, 0.2) is 60.8 Å². The van der Waals surface area contributed by atoms with E-state index in [0.29, 0.717) is 11.3 Å². The van der Waals surface area contributed by atoms with Crippen molar-refractivity contribution in [1.82, 2.24) is 14.4 Å². The largest absolute Gasteiger partial charge is 0.284 e. The standard InChI is InChI=1S/C17H10N4/c18-11-12-5-7-13(8-6-12)14-9-10-21-16-4-2-1-3-15(16)20-17(21)19-14/h1-10H. The van der Waals surface area contributed by atoms with E-state index in [2.05, 4.69) is 16.0 Å². The molecule has 0 saturated heterocycles. The van der Waals surface area contributed by atoms with Crippen molar-refractivity contribution < 1.29 is 0 Å². The lowest BCUT2D eigenvalue weighted by atomic mass is 10.1. The molecule has 0 radical (unpaired) electrons. The molecule has 0 atom stereocenters. The number of fused-ring (bicyclic) bond motifs is 3. The van der Waals surface area contributed by atoms with E-state index < -0.39 is 0 Å². The van der Waals surface area contributed by atoms with Gasteiger partial charge in [-0.2, -0.15) is 5.26 Å². The summed E-state index contributed by atoms with van der Waals surface area (Å²) >= 11 is 0. The van der Waals surface area contributed by atoms with Gasteiger partial charge in [0, 0.05) is 11.8 Å². The SMILES string of the molecule is N#Cc1ccc(-c2ccn3c(n2)nc2ccccc23)cc1. The molecule has 0 aliphatic carbocycles. The molecule has 0 N–H and O–H groups in total. The molecular weight excluding hydrogens is 260 g/mol. The zero-order valence-electron chi connectivity index (χ0n) is 11.1. The predicted octanol–water partition coefficient (Wildman–Crippen LogP) is 3.42. The van der Waals surface area contributed by atoms with Gasteiger partial charge in [0.15, 0.2) is 0 Å². The molecule has 4 heteroatoms. The maximum Gasteiger partial charge on any atom is 0.235 e. The summed E-state index contributed by atoms with van der Waals surface area (Å²) in [5, 5.41) is 8.84. The third-order valence-corrected chi connectivity index (χ3v) is 3.49. The highest BCUT2D eigenvalue weighted by Crippen LogP contribution is 2.20. The molecule has 0 bridgehead atoms. The minimum atomic E-state index is 0.645. The highest BCUT2D eigenvalue weighted by atomic mass is 15.1. The number of benzene rings is 2. The minimum absolute atomic E-state index is 0.645. The first kappa shape index (κ1) is 11.6. The Morgan fingerprint density at radius 1 is 0.905 bits per heavy atom. The van der Waals surface area contributed by atoms with E-state index in [-0.39, 0.29) is 0 Å². The van der Waals surface area contributed by atoms with E-state index in [4.69, 9.17) is 5.26 Å². The number of para-hydroxylation sites is 2. The second-order valence-corrected chi connectivity index (χ2v) is 4.77. The lowest BCUT2D eigenvalue weighted by Crippen LogP contribution is -1.91. The molecule has 4 aromatic rings. The van der Waals surface area contributed by atoms with E-state index in [0.717, 1.165) is 22.3 Å². The molecule has 0 amide bonds.